The molecule has 0 rings (SSSR count). The topological polar surface area (TPSA) is 29.1 Å². The maximum atomic E-state index is 12.0. The zero-order valence-corrected chi connectivity index (χ0v) is 4.99. The van der Waals surface area contributed by atoms with E-state index >= 15 is 0 Å². The smallest absolute Gasteiger partial charge is 0.235 e. The Morgan fingerprint density at radius 1 is 1.75 bits per heavy atom. The molecule has 1 N–H and O–H groups in total. The summed E-state index contributed by atoms with van der Waals surface area (Å²) in [5.41, 5.74) is 0. The quantitative estimate of drug-likeness (QED) is 0.538. The molecule has 8 heavy (non-hydrogen) atoms. The molecule has 0 unspecified atom stereocenters. The van der Waals surface area contributed by atoms with Gasteiger partial charge in [-0.2, -0.15) is 0 Å². The molecular formula is C5H9FNO. The molecule has 1 radical (unpaired) electrons. The van der Waals surface area contributed by atoms with E-state index in [1.165, 1.54) is 6.92 Å². The molecule has 0 aliphatic carbocycles. The summed E-state index contributed by atoms with van der Waals surface area (Å²) in [6.45, 7) is 2.90. The maximum absolute atomic E-state index is 12.0. The lowest BCUT2D eigenvalue weighted by molar-refractivity contribution is -0.119. The number of amides is 1. The van der Waals surface area contributed by atoms with Crippen LogP contribution in [0, 0.1) is 6.30 Å². The van der Waals surface area contributed by atoms with Crippen LogP contribution >= 0.6 is 0 Å². The molecule has 2 nitrogen and oxygen atoms in total. The van der Waals surface area contributed by atoms with Gasteiger partial charge < -0.3 is 5.32 Å². The van der Waals surface area contributed by atoms with Gasteiger partial charge in [0.15, 0.2) is 0 Å². The third kappa shape index (κ3) is 3.59. The monoisotopic (exact) mass is 118 g/mol. The molecule has 0 spiro atoms. The van der Waals surface area contributed by atoms with Crippen molar-refractivity contribution in [2.75, 3.05) is 0 Å². The van der Waals surface area contributed by atoms with E-state index in [4.69, 9.17) is 0 Å². The predicted molar refractivity (Wildman–Crippen MR) is 28.5 cm³/mol. The summed E-state index contributed by atoms with van der Waals surface area (Å²) >= 11 is 0. The Morgan fingerprint density at radius 3 is 2.38 bits per heavy atom. The van der Waals surface area contributed by atoms with Crippen LogP contribution in [0.25, 0.3) is 0 Å². The third-order valence-corrected chi connectivity index (χ3v) is 0.622. The number of carbonyl (C=O) groups is 1. The Kier molecular flexibility index (Phi) is 3.15. The fourth-order valence-electron chi connectivity index (χ4n) is 0.279. The Labute approximate surface area is 48.1 Å². The fourth-order valence-corrected chi connectivity index (χ4v) is 0.279. The molecule has 0 aromatic rings. The first-order chi connectivity index (χ1) is 3.66. The van der Waals surface area contributed by atoms with Crippen LogP contribution in [0.5, 0.6) is 0 Å². The highest BCUT2D eigenvalue weighted by Crippen LogP contribution is 1.99. The Bertz CT molecular complexity index is 84.5. The zero-order valence-electron chi connectivity index (χ0n) is 4.99. The standard InChI is InChI=1S/C5H9FNO/c1-3-5(6)7-4(2)8/h3H2,1-2H3,(H,7,8). The van der Waals surface area contributed by atoms with Crippen molar-refractivity contribution >= 4 is 5.91 Å². The predicted octanol–water partition coefficient (Wildman–Crippen LogP) is 0.991. The van der Waals surface area contributed by atoms with Crippen molar-refractivity contribution in [1.82, 2.24) is 5.32 Å². The summed E-state index contributed by atoms with van der Waals surface area (Å²) in [6, 6.07) is 0. The minimum atomic E-state index is -0.475. The second-order valence-corrected chi connectivity index (χ2v) is 1.44. The van der Waals surface area contributed by atoms with E-state index < -0.39 is 6.30 Å². The highest BCUT2D eigenvalue weighted by Gasteiger charge is 2.03. The van der Waals surface area contributed by atoms with E-state index in [0.29, 0.717) is 0 Å². The van der Waals surface area contributed by atoms with Gasteiger partial charge in [-0.15, -0.1) is 0 Å². The molecule has 0 heterocycles. The molecule has 0 bridgehead atoms. The van der Waals surface area contributed by atoms with Gasteiger partial charge in [-0.25, -0.2) is 4.39 Å². The molecule has 0 atom stereocenters. The molecular weight excluding hydrogens is 109 g/mol. The van der Waals surface area contributed by atoms with Crippen molar-refractivity contribution in [2.45, 2.75) is 20.3 Å². The third-order valence-electron chi connectivity index (χ3n) is 0.622. The largest absolute Gasteiger partial charge is 0.320 e. The van der Waals surface area contributed by atoms with Crippen LogP contribution in [-0.2, 0) is 4.79 Å². The second-order valence-electron chi connectivity index (χ2n) is 1.44. The molecule has 0 aliphatic rings. The average molecular weight is 118 g/mol. The number of halogens is 1. The van der Waals surface area contributed by atoms with Crippen molar-refractivity contribution in [3.8, 4) is 0 Å². The van der Waals surface area contributed by atoms with Gasteiger partial charge in [0.25, 0.3) is 0 Å². The molecule has 3 heteroatoms. The SMILES string of the molecule is CC[C](F)NC(C)=O. The fraction of sp³-hybridized carbons (Fsp3) is 0.600. The Morgan fingerprint density at radius 2 is 2.25 bits per heavy atom. The lowest BCUT2D eigenvalue weighted by Gasteiger charge is -2.00. The highest BCUT2D eigenvalue weighted by atomic mass is 19.1. The molecule has 0 saturated heterocycles. The minimum absolute atomic E-state index is 0.250. The summed E-state index contributed by atoms with van der Waals surface area (Å²) < 4.78 is 12.0. The number of hydrogen-bond acceptors (Lipinski definition) is 1. The van der Waals surface area contributed by atoms with E-state index in [1.54, 1.807) is 6.92 Å². The first kappa shape index (κ1) is 7.40. The number of hydrogen-bond donors (Lipinski definition) is 1. The number of nitrogens with one attached hydrogen (secondary N) is 1. The van der Waals surface area contributed by atoms with Crippen molar-refractivity contribution < 1.29 is 9.18 Å². The maximum Gasteiger partial charge on any atom is 0.235 e. The first-order valence-electron chi connectivity index (χ1n) is 2.45. The molecule has 0 fully saturated rings. The van der Waals surface area contributed by atoms with Gasteiger partial charge in [-0.3, -0.25) is 4.79 Å². The van der Waals surface area contributed by atoms with Crippen LogP contribution in [0.2, 0.25) is 0 Å². The van der Waals surface area contributed by atoms with E-state index in [1.807, 2.05) is 5.32 Å². The molecule has 0 aromatic heterocycles. The molecule has 0 saturated carbocycles. The van der Waals surface area contributed by atoms with E-state index in [0.717, 1.165) is 0 Å². The van der Waals surface area contributed by atoms with Crippen LogP contribution in [0.1, 0.15) is 20.3 Å². The van der Waals surface area contributed by atoms with Gasteiger partial charge >= 0.3 is 0 Å². The summed E-state index contributed by atoms with van der Waals surface area (Å²) in [5.74, 6) is -0.357. The van der Waals surface area contributed by atoms with Gasteiger partial charge in [0, 0.05) is 13.3 Å². The van der Waals surface area contributed by atoms with Crippen LogP contribution in [0.15, 0.2) is 0 Å². The lowest BCUT2D eigenvalue weighted by Crippen LogP contribution is -2.21. The van der Waals surface area contributed by atoms with Crippen LogP contribution in [0.3, 0.4) is 0 Å². The van der Waals surface area contributed by atoms with Crippen molar-refractivity contribution in [3.05, 3.63) is 6.30 Å². The van der Waals surface area contributed by atoms with Crippen molar-refractivity contribution in [3.63, 3.8) is 0 Å². The van der Waals surface area contributed by atoms with Gasteiger partial charge in [-0.1, -0.05) is 6.92 Å². The second kappa shape index (κ2) is 3.41. The normalized spacial score (nSPS) is 9.50. The average Bonchev–Trinajstić information content (AvgIpc) is 1.65. The Balaban J connectivity index is 3.24. The van der Waals surface area contributed by atoms with Crippen molar-refractivity contribution in [2.24, 2.45) is 0 Å². The highest BCUT2D eigenvalue weighted by molar-refractivity contribution is 5.73. The summed E-state index contributed by atoms with van der Waals surface area (Å²) in [6.07, 6.45) is -0.225. The summed E-state index contributed by atoms with van der Waals surface area (Å²) in [4.78, 5) is 10.0. The number of carbonyl (C=O) groups excluding carboxylic acids is 1. The van der Waals surface area contributed by atoms with Crippen molar-refractivity contribution in [1.29, 1.82) is 0 Å². The van der Waals surface area contributed by atoms with Gasteiger partial charge in [0.05, 0.1) is 0 Å². The van der Waals surface area contributed by atoms with Gasteiger partial charge in [0.2, 0.25) is 12.2 Å². The number of rotatable bonds is 2. The van der Waals surface area contributed by atoms with E-state index in [-0.39, 0.29) is 12.3 Å². The zero-order chi connectivity index (χ0) is 6.57. The van der Waals surface area contributed by atoms with E-state index in [2.05, 4.69) is 0 Å². The minimum Gasteiger partial charge on any atom is -0.320 e. The summed E-state index contributed by atoms with van der Waals surface area (Å²) in [7, 11) is 0. The Hall–Kier alpha value is -0.600. The first-order valence-corrected chi connectivity index (χ1v) is 2.45. The van der Waals surface area contributed by atoms with Crippen LogP contribution < -0.4 is 5.32 Å². The molecule has 47 valence electrons. The van der Waals surface area contributed by atoms with Gasteiger partial charge in [-0.05, 0) is 0 Å². The molecule has 0 aromatic carbocycles. The van der Waals surface area contributed by atoms with Gasteiger partial charge in [0.1, 0.15) is 0 Å². The summed E-state index contributed by atoms with van der Waals surface area (Å²) in [5, 5.41) is 2.00. The molecule has 0 aliphatic heterocycles. The lowest BCUT2D eigenvalue weighted by atomic mass is 10.4. The van der Waals surface area contributed by atoms with Crippen LogP contribution in [-0.4, -0.2) is 5.91 Å². The van der Waals surface area contributed by atoms with E-state index in [9.17, 15) is 9.18 Å². The van der Waals surface area contributed by atoms with Crippen LogP contribution in [0.4, 0.5) is 4.39 Å². The molecule has 1 amide bonds.